The van der Waals surface area contributed by atoms with E-state index in [-0.39, 0.29) is 18.0 Å². The SMILES string of the molecule is CC(C)CNCc1ccc(OCC=CCl)c([N+](=O)[O-])c1. The molecule has 0 aliphatic heterocycles. The molecule has 5 nitrogen and oxygen atoms in total. The molecule has 0 saturated carbocycles. The smallest absolute Gasteiger partial charge is 0.311 e. The van der Waals surface area contributed by atoms with Crippen molar-refractivity contribution in [3.05, 3.63) is 45.5 Å². The molecule has 0 unspecified atom stereocenters. The zero-order valence-electron chi connectivity index (χ0n) is 11.6. The number of ether oxygens (including phenoxy) is 1. The van der Waals surface area contributed by atoms with Crippen molar-refractivity contribution in [3.63, 3.8) is 0 Å². The molecule has 1 aromatic carbocycles. The van der Waals surface area contributed by atoms with Crippen LogP contribution < -0.4 is 10.1 Å². The van der Waals surface area contributed by atoms with E-state index in [1.807, 2.05) is 6.07 Å². The molecule has 1 aromatic rings. The zero-order valence-corrected chi connectivity index (χ0v) is 12.4. The topological polar surface area (TPSA) is 64.4 Å². The van der Waals surface area contributed by atoms with Gasteiger partial charge in [0.05, 0.1) is 4.92 Å². The molecule has 0 aliphatic carbocycles. The molecule has 0 radical (unpaired) electrons. The summed E-state index contributed by atoms with van der Waals surface area (Å²) < 4.78 is 5.30. The third-order valence-corrected chi connectivity index (χ3v) is 2.70. The van der Waals surface area contributed by atoms with Crippen LogP contribution in [0.5, 0.6) is 5.75 Å². The first-order chi connectivity index (χ1) is 9.54. The summed E-state index contributed by atoms with van der Waals surface area (Å²) in [6.07, 6.45) is 1.57. The number of halogens is 1. The Balaban J connectivity index is 2.75. The van der Waals surface area contributed by atoms with Crippen LogP contribution in [-0.2, 0) is 6.54 Å². The van der Waals surface area contributed by atoms with E-state index in [4.69, 9.17) is 16.3 Å². The second kappa shape index (κ2) is 8.55. The lowest BCUT2D eigenvalue weighted by Gasteiger charge is -2.09. The summed E-state index contributed by atoms with van der Waals surface area (Å²) in [6, 6.07) is 4.97. The van der Waals surface area contributed by atoms with Gasteiger partial charge in [-0.15, -0.1) is 0 Å². The van der Waals surface area contributed by atoms with Gasteiger partial charge < -0.3 is 10.1 Å². The van der Waals surface area contributed by atoms with Crippen LogP contribution in [0, 0.1) is 16.0 Å². The van der Waals surface area contributed by atoms with Crippen LogP contribution in [0.15, 0.2) is 29.8 Å². The van der Waals surface area contributed by atoms with E-state index in [0.29, 0.717) is 12.5 Å². The minimum absolute atomic E-state index is 0.0307. The van der Waals surface area contributed by atoms with E-state index in [1.165, 1.54) is 11.6 Å². The van der Waals surface area contributed by atoms with Crippen LogP contribution >= 0.6 is 11.6 Å². The molecule has 0 aromatic heterocycles. The molecule has 20 heavy (non-hydrogen) atoms. The van der Waals surface area contributed by atoms with E-state index in [0.717, 1.165) is 12.1 Å². The van der Waals surface area contributed by atoms with Crippen molar-refractivity contribution in [3.8, 4) is 5.75 Å². The van der Waals surface area contributed by atoms with Crippen molar-refractivity contribution in [2.45, 2.75) is 20.4 Å². The Morgan fingerprint density at radius 3 is 2.85 bits per heavy atom. The highest BCUT2D eigenvalue weighted by atomic mass is 35.5. The molecule has 0 aliphatic rings. The van der Waals surface area contributed by atoms with Gasteiger partial charge in [0.2, 0.25) is 0 Å². The molecule has 0 amide bonds. The van der Waals surface area contributed by atoms with Gasteiger partial charge in [-0.3, -0.25) is 10.1 Å². The van der Waals surface area contributed by atoms with Crippen molar-refractivity contribution in [2.75, 3.05) is 13.2 Å². The summed E-state index contributed by atoms with van der Waals surface area (Å²) >= 11 is 5.38. The predicted octanol–water partition coefficient (Wildman–Crippen LogP) is 3.47. The largest absolute Gasteiger partial charge is 0.483 e. The molecule has 0 fully saturated rings. The van der Waals surface area contributed by atoms with Crippen LogP contribution in [0.25, 0.3) is 0 Å². The minimum Gasteiger partial charge on any atom is -0.483 e. The molecule has 110 valence electrons. The number of nitro benzene ring substituents is 1. The highest BCUT2D eigenvalue weighted by Crippen LogP contribution is 2.28. The zero-order chi connectivity index (χ0) is 15.0. The fraction of sp³-hybridized carbons (Fsp3) is 0.429. The Morgan fingerprint density at radius 2 is 2.25 bits per heavy atom. The van der Waals surface area contributed by atoms with Crippen molar-refractivity contribution >= 4 is 17.3 Å². The normalized spacial score (nSPS) is 11.2. The van der Waals surface area contributed by atoms with Crippen molar-refractivity contribution in [1.82, 2.24) is 5.32 Å². The molecule has 1 rings (SSSR count). The Bertz CT molecular complexity index is 475. The maximum Gasteiger partial charge on any atom is 0.311 e. The molecule has 0 spiro atoms. The van der Waals surface area contributed by atoms with Crippen molar-refractivity contribution in [2.24, 2.45) is 5.92 Å². The fourth-order valence-corrected chi connectivity index (χ4v) is 1.69. The lowest BCUT2D eigenvalue weighted by atomic mass is 10.1. The Hall–Kier alpha value is -1.59. The average Bonchev–Trinajstić information content (AvgIpc) is 2.39. The lowest BCUT2D eigenvalue weighted by Crippen LogP contribution is -2.19. The molecule has 0 bridgehead atoms. The number of rotatable bonds is 8. The van der Waals surface area contributed by atoms with Gasteiger partial charge in [0.1, 0.15) is 6.61 Å². The number of nitrogens with one attached hydrogen (secondary N) is 1. The first-order valence-corrected chi connectivity index (χ1v) is 6.84. The van der Waals surface area contributed by atoms with E-state index < -0.39 is 4.92 Å². The van der Waals surface area contributed by atoms with Gasteiger partial charge in [-0.05, 0) is 30.2 Å². The first kappa shape index (κ1) is 16.5. The third kappa shape index (κ3) is 5.59. The van der Waals surface area contributed by atoms with Gasteiger partial charge in [0, 0.05) is 18.1 Å². The molecular weight excluding hydrogens is 280 g/mol. The van der Waals surface area contributed by atoms with Crippen LogP contribution in [0.2, 0.25) is 0 Å². The average molecular weight is 299 g/mol. The van der Waals surface area contributed by atoms with Crippen LogP contribution in [0.1, 0.15) is 19.4 Å². The summed E-state index contributed by atoms with van der Waals surface area (Å²) in [4.78, 5) is 10.6. The summed E-state index contributed by atoms with van der Waals surface area (Å²) in [5.41, 5.74) is 2.14. The van der Waals surface area contributed by atoms with Gasteiger partial charge in [-0.25, -0.2) is 0 Å². The predicted molar refractivity (Wildman–Crippen MR) is 80.1 cm³/mol. The number of nitro groups is 1. The molecule has 1 N–H and O–H groups in total. The van der Waals surface area contributed by atoms with E-state index in [2.05, 4.69) is 19.2 Å². The van der Waals surface area contributed by atoms with E-state index in [9.17, 15) is 10.1 Å². The molecule has 0 atom stereocenters. The van der Waals surface area contributed by atoms with Gasteiger partial charge in [0.25, 0.3) is 0 Å². The minimum atomic E-state index is -0.439. The molecule has 0 saturated heterocycles. The van der Waals surface area contributed by atoms with Gasteiger partial charge in [-0.1, -0.05) is 31.5 Å². The number of hydrogen-bond donors (Lipinski definition) is 1. The Labute approximate surface area is 123 Å². The highest BCUT2D eigenvalue weighted by molar-refractivity contribution is 6.25. The molecule has 0 heterocycles. The van der Waals surface area contributed by atoms with Crippen LogP contribution in [0.4, 0.5) is 5.69 Å². The third-order valence-electron chi connectivity index (χ3n) is 2.53. The summed E-state index contributed by atoms with van der Waals surface area (Å²) in [5, 5.41) is 14.3. The monoisotopic (exact) mass is 298 g/mol. The summed E-state index contributed by atoms with van der Waals surface area (Å²) in [6.45, 7) is 5.89. The Kier molecular flexibility index (Phi) is 7.04. The van der Waals surface area contributed by atoms with E-state index in [1.54, 1.807) is 12.1 Å². The number of nitrogens with zero attached hydrogens (tertiary/aromatic N) is 1. The van der Waals surface area contributed by atoms with Crippen LogP contribution in [0.3, 0.4) is 0 Å². The molecule has 6 heteroatoms. The second-order valence-electron chi connectivity index (χ2n) is 4.76. The second-order valence-corrected chi connectivity index (χ2v) is 5.01. The fourth-order valence-electron chi connectivity index (χ4n) is 1.62. The maximum atomic E-state index is 11.0. The van der Waals surface area contributed by atoms with Gasteiger partial charge in [-0.2, -0.15) is 0 Å². The number of hydrogen-bond acceptors (Lipinski definition) is 4. The lowest BCUT2D eigenvalue weighted by molar-refractivity contribution is -0.385. The van der Waals surface area contributed by atoms with Gasteiger partial charge >= 0.3 is 5.69 Å². The van der Waals surface area contributed by atoms with Crippen LogP contribution in [-0.4, -0.2) is 18.1 Å². The summed E-state index contributed by atoms with van der Waals surface area (Å²) in [7, 11) is 0. The van der Waals surface area contributed by atoms with Crippen molar-refractivity contribution < 1.29 is 9.66 Å². The Morgan fingerprint density at radius 1 is 1.50 bits per heavy atom. The summed E-state index contributed by atoms with van der Waals surface area (Å²) in [5.74, 6) is 0.785. The van der Waals surface area contributed by atoms with Crippen molar-refractivity contribution in [1.29, 1.82) is 0 Å². The highest BCUT2D eigenvalue weighted by Gasteiger charge is 2.15. The quantitative estimate of drug-likeness (QED) is 0.589. The van der Waals surface area contributed by atoms with Gasteiger partial charge in [0.15, 0.2) is 5.75 Å². The molecular formula is C14H19ClN2O3. The van der Waals surface area contributed by atoms with E-state index >= 15 is 0 Å². The standard InChI is InChI=1S/C14H19ClN2O3/c1-11(2)9-16-10-12-4-5-14(20-7-3-6-15)13(8-12)17(18)19/h3-6,8,11,16H,7,9-10H2,1-2H3. The number of benzene rings is 1. The first-order valence-electron chi connectivity index (χ1n) is 6.40. The maximum absolute atomic E-state index is 11.0.